The highest BCUT2D eigenvalue weighted by molar-refractivity contribution is 5.85. The van der Waals surface area contributed by atoms with E-state index in [9.17, 15) is 4.79 Å². The van der Waals surface area contributed by atoms with Crippen molar-refractivity contribution in [2.45, 2.75) is 58.4 Å². The van der Waals surface area contributed by atoms with E-state index in [0.717, 1.165) is 82.2 Å². The minimum Gasteiger partial charge on any atom is -0.339 e. The molecule has 4 aliphatic carbocycles. The minimum absolute atomic E-state index is 0. The van der Waals surface area contributed by atoms with E-state index in [2.05, 4.69) is 38.5 Å². The molecule has 8 heteroatoms. The molecule has 6 rings (SSSR count). The summed E-state index contributed by atoms with van der Waals surface area (Å²) < 4.78 is 0. The van der Waals surface area contributed by atoms with Gasteiger partial charge in [-0.2, -0.15) is 0 Å². The molecule has 5 aliphatic rings. The second-order valence-electron chi connectivity index (χ2n) is 10.7. The van der Waals surface area contributed by atoms with Crippen LogP contribution < -0.4 is 4.90 Å². The Hall–Kier alpha value is -1.11. The lowest BCUT2D eigenvalue weighted by Gasteiger charge is -2.57. The van der Waals surface area contributed by atoms with E-state index < -0.39 is 0 Å². The number of carbonyl (C=O) groups excluding carboxylic acids is 1. The third kappa shape index (κ3) is 5.02. The summed E-state index contributed by atoms with van der Waals surface area (Å²) in [7, 11) is 0. The van der Waals surface area contributed by atoms with E-state index in [4.69, 9.17) is 0 Å². The van der Waals surface area contributed by atoms with Crippen LogP contribution in [-0.2, 0) is 4.79 Å². The second-order valence-corrected chi connectivity index (χ2v) is 10.7. The van der Waals surface area contributed by atoms with Gasteiger partial charge in [0.05, 0.1) is 5.41 Å². The van der Waals surface area contributed by atoms with Gasteiger partial charge < -0.3 is 9.80 Å². The summed E-state index contributed by atoms with van der Waals surface area (Å²) in [4.78, 5) is 29.6. The molecule has 6 nitrogen and oxygen atoms in total. The van der Waals surface area contributed by atoms with E-state index >= 15 is 0 Å². The summed E-state index contributed by atoms with van der Waals surface area (Å²) in [6.45, 7) is 10.2. The van der Waals surface area contributed by atoms with E-state index in [1.54, 1.807) is 0 Å². The van der Waals surface area contributed by atoms with E-state index in [1.807, 2.05) is 18.5 Å². The summed E-state index contributed by atoms with van der Waals surface area (Å²) in [5.41, 5.74) is -0.0254. The van der Waals surface area contributed by atoms with Crippen LogP contribution in [0.5, 0.6) is 0 Å². The van der Waals surface area contributed by atoms with Gasteiger partial charge in [0.25, 0.3) is 0 Å². The SMILES string of the molecule is CC(C)N(CCN1CCN(c2ncccn2)CC1)C(=O)C12CC3CC(CC(C3)C1)C2.Cl.Cl. The topological polar surface area (TPSA) is 52.6 Å². The zero-order chi connectivity index (χ0) is 20.7. The van der Waals surface area contributed by atoms with Crippen LogP contribution in [0.25, 0.3) is 0 Å². The van der Waals surface area contributed by atoms with Crippen molar-refractivity contribution in [2.24, 2.45) is 23.2 Å². The molecule has 0 aromatic carbocycles. The molecule has 1 saturated heterocycles. The summed E-state index contributed by atoms with van der Waals surface area (Å²) >= 11 is 0. The highest BCUT2D eigenvalue weighted by atomic mass is 35.5. The number of piperazine rings is 1. The van der Waals surface area contributed by atoms with Crippen LogP contribution in [0.2, 0.25) is 0 Å². The predicted octanol–water partition coefficient (Wildman–Crippen LogP) is 3.90. The zero-order valence-corrected chi connectivity index (χ0v) is 21.1. The number of halogens is 2. The molecule has 32 heavy (non-hydrogen) atoms. The summed E-state index contributed by atoms with van der Waals surface area (Å²) in [5.74, 6) is 3.78. The highest BCUT2D eigenvalue weighted by Gasteiger charge is 2.55. The standard InChI is InChI=1S/C24H37N5O.2ClH/c1-18(2)29(22(30)24-15-19-12-20(16-24)14-21(13-19)17-24)11-8-27-6-9-28(10-7-27)23-25-4-3-5-26-23;;/h3-5,18-21H,6-17H2,1-2H3;2*1H. The average molecular weight is 485 g/mol. The lowest BCUT2D eigenvalue weighted by molar-refractivity contribution is -0.159. The van der Waals surface area contributed by atoms with Crippen molar-refractivity contribution in [1.29, 1.82) is 0 Å². The van der Waals surface area contributed by atoms with Crippen molar-refractivity contribution in [1.82, 2.24) is 19.8 Å². The van der Waals surface area contributed by atoms with Gasteiger partial charge in [-0.3, -0.25) is 9.69 Å². The van der Waals surface area contributed by atoms with Crippen LogP contribution in [0.15, 0.2) is 18.5 Å². The monoisotopic (exact) mass is 483 g/mol. The maximum absolute atomic E-state index is 13.8. The van der Waals surface area contributed by atoms with Crippen LogP contribution in [0.4, 0.5) is 5.95 Å². The fraction of sp³-hybridized carbons (Fsp3) is 0.792. The molecule has 4 saturated carbocycles. The van der Waals surface area contributed by atoms with Gasteiger partial charge >= 0.3 is 0 Å². The predicted molar refractivity (Wildman–Crippen MR) is 133 cm³/mol. The number of rotatable bonds is 6. The van der Waals surface area contributed by atoms with Gasteiger partial charge in [0.1, 0.15) is 0 Å². The van der Waals surface area contributed by atoms with Gasteiger partial charge in [0, 0.05) is 57.7 Å². The lowest BCUT2D eigenvalue weighted by atomic mass is 9.49. The third-order valence-electron chi connectivity index (χ3n) is 8.24. The number of anilines is 1. The van der Waals surface area contributed by atoms with Crippen molar-refractivity contribution < 1.29 is 4.79 Å². The number of aromatic nitrogens is 2. The van der Waals surface area contributed by atoms with E-state index in [-0.39, 0.29) is 36.3 Å². The Morgan fingerprint density at radius 1 is 1.00 bits per heavy atom. The lowest BCUT2D eigenvalue weighted by Crippen LogP contribution is -2.57. The quantitative estimate of drug-likeness (QED) is 0.613. The molecular weight excluding hydrogens is 445 g/mol. The molecule has 4 bridgehead atoms. The summed E-state index contributed by atoms with van der Waals surface area (Å²) in [6, 6.07) is 2.14. The van der Waals surface area contributed by atoms with Crippen LogP contribution in [0.1, 0.15) is 52.4 Å². The Balaban J connectivity index is 0.00000144. The number of amides is 1. The fourth-order valence-electron chi connectivity index (χ4n) is 7.15. The van der Waals surface area contributed by atoms with Crippen molar-refractivity contribution >= 4 is 36.7 Å². The molecule has 1 aromatic heterocycles. The third-order valence-corrected chi connectivity index (χ3v) is 8.24. The summed E-state index contributed by atoms with van der Waals surface area (Å²) in [6.07, 6.45) is 11.3. The van der Waals surface area contributed by atoms with Crippen molar-refractivity contribution in [3.63, 3.8) is 0 Å². The van der Waals surface area contributed by atoms with Crippen molar-refractivity contribution in [2.75, 3.05) is 44.2 Å². The van der Waals surface area contributed by atoms with Crippen molar-refractivity contribution in [3.8, 4) is 0 Å². The molecule has 0 spiro atoms. The van der Waals surface area contributed by atoms with Crippen LogP contribution in [0, 0.1) is 23.2 Å². The van der Waals surface area contributed by atoms with E-state index in [0.29, 0.717) is 5.91 Å². The van der Waals surface area contributed by atoms with Gasteiger partial charge in [-0.25, -0.2) is 9.97 Å². The molecule has 0 radical (unpaired) electrons. The van der Waals surface area contributed by atoms with Gasteiger partial charge in [0.15, 0.2) is 0 Å². The maximum atomic E-state index is 13.8. The molecule has 1 amide bonds. The number of hydrogen-bond acceptors (Lipinski definition) is 5. The Labute approximate surface area is 205 Å². The van der Waals surface area contributed by atoms with Crippen LogP contribution in [-0.4, -0.2) is 71.0 Å². The maximum Gasteiger partial charge on any atom is 0.229 e. The molecule has 0 unspecified atom stereocenters. The average Bonchev–Trinajstić information content (AvgIpc) is 2.74. The highest BCUT2D eigenvalue weighted by Crippen LogP contribution is 2.60. The Morgan fingerprint density at radius 3 is 2.03 bits per heavy atom. The Kier molecular flexibility index (Phi) is 8.32. The van der Waals surface area contributed by atoms with Gasteiger partial charge in [-0.05, 0) is 76.2 Å². The zero-order valence-electron chi connectivity index (χ0n) is 19.5. The first-order chi connectivity index (χ1) is 14.5. The van der Waals surface area contributed by atoms with Gasteiger partial charge in [-0.15, -0.1) is 24.8 Å². The van der Waals surface area contributed by atoms with Crippen LogP contribution >= 0.6 is 24.8 Å². The molecule has 180 valence electrons. The molecule has 2 heterocycles. The number of carbonyl (C=O) groups is 1. The largest absolute Gasteiger partial charge is 0.339 e. The fourth-order valence-corrected chi connectivity index (χ4v) is 7.15. The molecule has 1 aromatic rings. The van der Waals surface area contributed by atoms with Crippen LogP contribution in [0.3, 0.4) is 0 Å². The number of nitrogens with zero attached hydrogens (tertiary/aromatic N) is 5. The van der Waals surface area contributed by atoms with Gasteiger partial charge in [0.2, 0.25) is 11.9 Å². The van der Waals surface area contributed by atoms with Crippen molar-refractivity contribution in [3.05, 3.63) is 18.5 Å². The molecule has 5 fully saturated rings. The Bertz CT molecular complexity index is 719. The first kappa shape index (κ1) is 25.5. The molecule has 1 aliphatic heterocycles. The van der Waals surface area contributed by atoms with Gasteiger partial charge in [-0.1, -0.05) is 0 Å². The normalized spacial score (nSPS) is 31.2. The first-order valence-electron chi connectivity index (χ1n) is 12.1. The number of hydrogen-bond donors (Lipinski definition) is 0. The second kappa shape index (κ2) is 10.4. The molecule has 0 N–H and O–H groups in total. The first-order valence-corrected chi connectivity index (χ1v) is 12.1. The van der Waals surface area contributed by atoms with E-state index in [1.165, 1.54) is 19.3 Å². The minimum atomic E-state index is -0.0254. The Morgan fingerprint density at radius 2 is 1.53 bits per heavy atom. The smallest absolute Gasteiger partial charge is 0.229 e. The molecular formula is C24H39Cl2N5O. The molecule has 0 atom stereocenters. The summed E-state index contributed by atoms with van der Waals surface area (Å²) in [5, 5.41) is 0.